The van der Waals surface area contributed by atoms with E-state index in [0.29, 0.717) is 25.2 Å². The molecule has 2 aliphatic rings. The highest BCUT2D eigenvalue weighted by Crippen LogP contribution is 2.37. The first-order valence-electron chi connectivity index (χ1n) is 8.80. The molecule has 0 aliphatic carbocycles. The lowest BCUT2D eigenvalue weighted by Crippen LogP contribution is -2.35. The highest BCUT2D eigenvalue weighted by atomic mass is 19.4. The number of amides is 2. The van der Waals surface area contributed by atoms with Crippen molar-refractivity contribution in [2.75, 3.05) is 19.6 Å². The molecular weight excluding hydrogens is 390 g/mol. The third kappa shape index (κ3) is 4.41. The van der Waals surface area contributed by atoms with Gasteiger partial charge in [0.1, 0.15) is 0 Å². The van der Waals surface area contributed by atoms with Gasteiger partial charge in [-0.05, 0) is 36.6 Å². The molecule has 4 nitrogen and oxygen atoms in total. The Labute approximate surface area is 157 Å². The van der Waals surface area contributed by atoms with Crippen LogP contribution in [0.5, 0.6) is 0 Å². The number of alkyl halides is 6. The van der Waals surface area contributed by atoms with Gasteiger partial charge in [-0.3, -0.25) is 9.59 Å². The Morgan fingerprint density at radius 2 is 1.50 bits per heavy atom. The molecule has 1 atom stereocenters. The second kappa shape index (κ2) is 7.29. The van der Waals surface area contributed by atoms with Crippen molar-refractivity contribution in [2.45, 2.75) is 38.2 Å². The molecule has 2 saturated heterocycles. The molecule has 1 aromatic carbocycles. The summed E-state index contributed by atoms with van der Waals surface area (Å²) in [5.41, 5.74) is -3.12. The maximum Gasteiger partial charge on any atom is 0.416 e. The van der Waals surface area contributed by atoms with Crippen LogP contribution in [0.25, 0.3) is 0 Å². The van der Waals surface area contributed by atoms with E-state index in [9.17, 15) is 35.9 Å². The molecule has 0 spiro atoms. The molecule has 2 fully saturated rings. The standard InChI is InChI=1S/C18H18F6N2O2/c19-17(20,21)13-5-11(6-14(8-13)18(22,23)24)9-26-10-12(7-15(26)27)16(28)25-3-1-2-4-25/h5-6,8,12H,1-4,7,9-10H2/t12-/m0/s1. The van der Waals surface area contributed by atoms with Gasteiger partial charge in [-0.2, -0.15) is 26.3 Å². The van der Waals surface area contributed by atoms with E-state index in [0.717, 1.165) is 17.7 Å². The van der Waals surface area contributed by atoms with Gasteiger partial charge in [0.2, 0.25) is 11.8 Å². The largest absolute Gasteiger partial charge is 0.416 e. The average molecular weight is 408 g/mol. The maximum atomic E-state index is 13.0. The summed E-state index contributed by atoms with van der Waals surface area (Å²) in [6.07, 6.45) is -8.22. The number of nitrogens with zero attached hydrogens (tertiary/aromatic N) is 2. The normalized spacial score (nSPS) is 20.9. The van der Waals surface area contributed by atoms with Crippen LogP contribution in [0.1, 0.15) is 36.0 Å². The summed E-state index contributed by atoms with van der Waals surface area (Å²) in [6.45, 7) is 0.791. The van der Waals surface area contributed by atoms with Crippen LogP contribution in [0.4, 0.5) is 26.3 Å². The monoisotopic (exact) mass is 408 g/mol. The van der Waals surface area contributed by atoms with Gasteiger partial charge in [0.15, 0.2) is 0 Å². The minimum Gasteiger partial charge on any atom is -0.342 e. The highest BCUT2D eigenvalue weighted by Gasteiger charge is 2.39. The summed E-state index contributed by atoms with van der Waals surface area (Å²) >= 11 is 0. The molecule has 0 saturated carbocycles. The third-order valence-corrected chi connectivity index (χ3v) is 5.00. The molecule has 0 N–H and O–H groups in total. The Morgan fingerprint density at radius 1 is 0.964 bits per heavy atom. The quantitative estimate of drug-likeness (QED) is 0.716. The number of likely N-dealkylation sites (tertiary alicyclic amines) is 2. The van der Waals surface area contributed by atoms with Crippen molar-refractivity contribution >= 4 is 11.8 Å². The van der Waals surface area contributed by atoms with Crippen LogP contribution >= 0.6 is 0 Å². The molecule has 0 aromatic heterocycles. The van der Waals surface area contributed by atoms with E-state index in [4.69, 9.17) is 0 Å². The van der Waals surface area contributed by atoms with Crippen LogP contribution in [0, 0.1) is 5.92 Å². The van der Waals surface area contributed by atoms with Gasteiger partial charge in [-0.1, -0.05) is 0 Å². The van der Waals surface area contributed by atoms with Crippen LogP contribution < -0.4 is 0 Å². The van der Waals surface area contributed by atoms with Gasteiger partial charge < -0.3 is 9.80 Å². The van der Waals surface area contributed by atoms with Gasteiger partial charge in [0.25, 0.3) is 0 Å². The topological polar surface area (TPSA) is 40.6 Å². The minimum atomic E-state index is -4.95. The first-order valence-corrected chi connectivity index (χ1v) is 8.80. The molecule has 3 rings (SSSR count). The van der Waals surface area contributed by atoms with Crippen molar-refractivity contribution < 1.29 is 35.9 Å². The van der Waals surface area contributed by atoms with Crippen molar-refractivity contribution in [1.29, 1.82) is 0 Å². The molecule has 0 radical (unpaired) electrons. The van der Waals surface area contributed by atoms with Gasteiger partial charge in [-0.15, -0.1) is 0 Å². The predicted molar refractivity (Wildman–Crippen MR) is 85.8 cm³/mol. The van der Waals surface area contributed by atoms with Crippen LogP contribution in [-0.4, -0.2) is 41.2 Å². The lowest BCUT2D eigenvalue weighted by molar-refractivity contribution is -0.143. The Hall–Kier alpha value is -2.26. The molecule has 28 heavy (non-hydrogen) atoms. The number of carbonyl (C=O) groups excluding carboxylic acids is 2. The van der Waals surface area contributed by atoms with Gasteiger partial charge >= 0.3 is 12.4 Å². The zero-order chi connectivity index (χ0) is 20.7. The lowest BCUT2D eigenvalue weighted by atomic mass is 10.0. The molecule has 2 amide bonds. The molecular formula is C18H18F6N2O2. The van der Waals surface area contributed by atoms with E-state index < -0.39 is 41.8 Å². The third-order valence-electron chi connectivity index (χ3n) is 5.00. The van der Waals surface area contributed by atoms with Crippen molar-refractivity contribution in [3.8, 4) is 0 Å². The Bertz CT molecular complexity index is 736. The molecule has 2 heterocycles. The molecule has 10 heteroatoms. The van der Waals surface area contributed by atoms with E-state index >= 15 is 0 Å². The summed E-state index contributed by atoms with van der Waals surface area (Å²) in [7, 11) is 0. The lowest BCUT2D eigenvalue weighted by Gasteiger charge is -2.21. The predicted octanol–water partition coefficient (Wildman–Crippen LogP) is 3.70. The zero-order valence-electron chi connectivity index (χ0n) is 14.7. The second-order valence-corrected chi connectivity index (χ2v) is 7.12. The first kappa shape index (κ1) is 20.5. The van der Waals surface area contributed by atoms with Gasteiger partial charge in [0, 0.05) is 32.6 Å². The van der Waals surface area contributed by atoms with E-state index in [2.05, 4.69) is 0 Å². The summed E-state index contributed by atoms with van der Waals surface area (Å²) in [4.78, 5) is 27.4. The fourth-order valence-corrected chi connectivity index (χ4v) is 3.62. The van der Waals surface area contributed by atoms with E-state index in [1.54, 1.807) is 4.90 Å². The van der Waals surface area contributed by atoms with Crippen molar-refractivity contribution in [1.82, 2.24) is 9.80 Å². The summed E-state index contributed by atoms with van der Waals surface area (Å²) in [5.74, 6) is -1.25. The van der Waals surface area contributed by atoms with Crippen LogP contribution in [0.15, 0.2) is 18.2 Å². The van der Waals surface area contributed by atoms with E-state index in [-0.39, 0.29) is 30.5 Å². The SMILES string of the molecule is O=C1C[C@H](C(=O)N2CCCC2)CN1Cc1cc(C(F)(F)F)cc(C(F)(F)F)c1. The second-order valence-electron chi connectivity index (χ2n) is 7.12. The number of benzene rings is 1. The summed E-state index contributed by atoms with van der Waals surface area (Å²) in [6, 6.07) is 1.27. The van der Waals surface area contributed by atoms with Gasteiger partial charge in [0.05, 0.1) is 17.0 Å². The fourth-order valence-electron chi connectivity index (χ4n) is 3.62. The number of hydrogen-bond donors (Lipinski definition) is 0. The Kier molecular flexibility index (Phi) is 5.33. The Morgan fingerprint density at radius 3 is 2.00 bits per heavy atom. The summed E-state index contributed by atoms with van der Waals surface area (Å²) in [5, 5.41) is 0. The number of carbonyl (C=O) groups is 2. The fraction of sp³-hybridized carbons (Fsp3) is 0.556. The van der Waals surface area contributed by atoms with E-state index in [1.807, 2.05) is 0 Å². The van der Waals surface area contributed by atoms with E-state index in [1.165, 1.54) is 0 Å². The molecule has 2 aliphatic heterocycles. The van der Waals surface area contributed by atoms with Crippen LogP contribution in [0.2, 0.25) is 0 Å². The maximum absolute atomic E-state index is 13.0. The smallest absolute Gasteiger partial charge is 0.342 e. The molecule has 0 bridgehead atoms. The average Bonchev–Trinajstić information content (AvgIpc) is 3.23. The van der Waals surface area contributed by atoms with Crippen molar-refractivity contribution in [3.63, 3.8) is 0 Å². The highest BCUT2D eigenvalue weighted by molar-refractivity contribution is 5.89. The molecule has 0 unspecified atom stereocenters. The van der Waals surface area contributed by atoms with Gasteiger partial charge in [-0.25, -0.2) is 0 Å². The zero-order valence-corrected chi connectivity index (χ0v) is 14.7. The number of hydrogen-bond acceptors (Lipinski definition) is 2. The van der Waals surface area contributed by atoms with Crippen LogP contribution in [-0.2, 0) is 28.5 Å². The number of rotatable bonds is 3. The number of halogens is 6. The van der Waals surface area contributed by atoms with Crippen molar-refractivity contribution in [3.05, 3.63) is 34.9 Å². The molecule has 154 valence electrons. The minimum absolute atomic E-state index is 0.00817. The Balaban J connectivity index is 1.79. The van der Waals surface area contributed by atoms with Crippen molar-refractivity contribution in [2.24, 2.45) is 5.92 Å². The van der Waals surface area contributed by atoms with Crippen LogP contribution in [0.3, 0.4) is 0 Å². The summed E-state index contributed by atoms with van der Waals surface area (Å²) < 4.78 is 77.8. The first-order chi connectivity index (χ1) is 12.9. The molecule has 1 aromatic rings.